The van der Waals surface area contributed by atoms with E-state index in [1.165, 1.54) is 0 Å². The number of hydrogen-bond donors (Lipinski definition) is 2. The fraction of sp³-hybridized carbons (Fsp3) is 0.231. The standard InChI is InChI=1S/C13H14N2O2/c1-8-13(9(2)15-14-8)11-5-3-4-10(6-11)7-12(16)17/h3-6H,7H2,1-2H3,(H,14,15)(H,16,17). The summed E-state index contributed by atoms with van der Waals surface area (Å²) in [7, 11) is 0. The molecule has 1 heterocycles. The van der Waals surface area contributed by atoms with Gasteiger partial charge in [0.1, 0.15) is 0 Å². The molecular weight excluding hydrogens is 216 g/mol. The van der Waals surface area contributed by atoms with Crippen molar-refractivity contribution in [2.45, 2.75) is 20.3 Å². The molecule has 0 amide bonds. The maximum absolute atomic E-state index is 10.7. The Bertz CT molecular complexity index is 539. The van der Waals surface area contributed by atoms with Gasteiger partial charge in [-0.3, -0.25) is 9.89 Å². The van der Waals surface area contributed by atoms with Crippen molar-refractivity contribution in [3.8, 4) is 11.1 Å². The van der Waals surface area contributed by atoms with E-state index in [9.17, 15) is 4.79 Å². The minimum Gasteiger partial charge on any atom is -0.481 e. The van der Waals surface area contributed by atoms with E-state index in [-0.39, 0.29) is 6.42 Å². The number of aromatic nitrogens is 2. The van der Waals surface area contributed by atoms with Crippen molar-refractivity contribution >= 4 is 5.97 Å². The topological polar surface area (TPSA) is 66.0 Å². The number of carbonyl (C=O) groups is 1. The lowest BCUT2D eigenvalue weighted by molar-refractivity contribution is -0.136. The number of H-pyrrole nitrogens is 1. The van der Waals surface area contributed by atoms with Gasteiger partial charge in [0.15, 0.2) is 0 Å². The predicted octanol–water partition coefficient (Wildman–Crippen LogP) is 2.32. The highest BCUT2D eigenvalue weighted by Gasteiger charge is 2.10. The van der Waals surface area contributed by atoms with Gasteiger partial charge in [-0.15, -0.1) is 0 Å². The van der Waals surface area contributed by atoms with Gasteiger partial charge in [-0.1, -0.05) is 24.3 Å². The van der Waals surface area contributed by atoms with Gasteiger partial charge in [-0.2, -0.15) is 5.10 Å². The molecule has 88 valence electrons. The highest BCUT2D eigenvalue weighted by atomic mass is 16.4. The molecule has 0 atom stereocenters. The van der Waals surface area contributed by atoms with Crippen LogP contribution in [0.3, 0.4) is 0 Å². The van der Waals surface area contributed by atoms with E-state index in [1.807, 2.05) is 38.1 Å². The number of nitrogens with zero attached hydrogens (tertiary/aromatic N) is 1. The highest BCUT2D eigenvalue weighted by Crippen LogP contribution is 2.25. The van der Waals surface area contributed by atoms with Crippen LogP contribution in [-0.4, -0.2) is 21.3 Å². The third-order valence-corrected chi connectivity index (χ3v) is 2.70. The molecule has 1 aromatic heterocycles. The van der Waals surface area contributed by atoms with E-state index in [0.717, 1.165) is 28.1 Å². The van der Waals surface area contributed by atoms with Crippen molar-refractivity contribution in [3.05, 3.63) is 41.2 Å². The van der Waals surface area contributed by atoms with Crippen LogP contribution in [0.1, 0.15) is 17.0 Å². The number of rotatable bonds is 3. The average molecular weight is 230 g/mol. The van der Waals surface area contributed by atoms with Crippen molar-refractivity contribution in [1.29, 1.82) is 0 Å². The quantitative estimate of drug-likeness (QED) is 0.850. The Morgan fingerprint density at radius 2 is 2.18 bits per heavy atom. The van der Waals surface area contributed by atoms with Gasteiger partial charge in [0.25, 0.3) is 0 Å². The fourth-order valence-electron chi connectivity index (χ4n) is 1.99. The van der Waals surface area contributed by atoms with Gasteiger partial charge in [0.2, 0.25) is 0 Å². The summed E-state index contributed by atoms with van der Waals surface area (Å²) in [6.45, 7) is 3.89. The molecule has 4 nitrogen and oxygen atoms in total. The van der Waals surface area contributed by atoms with Crippen LogP contribution in [0.25, 0.3) is 11.1 Å². The van der Waals surface area contributed by atoms with Crippen LogP contribution in [0.4, 0.5) is 0 Å². The number of aryl methyl sites for hydroxylation is 2. The molecule has 0 saturated heterocycles. The van der Waals surface area contributed by atoms with Crippen LogP contribution in [-0.2, 0) is 11.2 Å². The van der Waals surface area contributed by atoms with Crippen LogP contribution in [0.2, 0.25) is 0 Å². The van der Waals surface area contributed by atoms with Crippen molar-refractivity contribution in [2.75, 3.05) is 0 Å². The third-order valence-electron chi connectivity index (χ3n) is 2.70. The molecule has 2 rings (SSSR count). The van der Waals surface area contributed by atoms with Crippen molar-refractivity contribution in [3.63, 3.8) is 0 Å². The summed E-state index contributed by atoms with van der Waals surface area (Å²) in [5.74, 6) is -0.817. The zero-order chi connectivity index (χ0) is 12.4. The Kier molecular flexibility index (Phi) is 2.95. The fourth-order valence-corrected chi connectivity index (χ4v) is 1.99. The Balaban J connectivity index is 2.43. The molecule has 1 aromatic carbocycles. The third kappa shape index (κ3) is 2.36. The first kappa shape index (κ1) is 11.4. The molecule has 0 aliphatic heterocycles. The molecule has 0 aliphatic carbocycles. The van der Waals surface area contributed by atoms with Crippen molar-refractivity contribution in [1.82, 2.24) is 10.2 Å². The zero-order valence-corrected chi connectivity index (χ0v) is 9.82. The Hall–Kier alpha value is -2.10. The molecular formula is C13H14N2O2. The Morgan fingerprint density at radius 1 is 1.41 bits per heavy atom. The van der Waals surface area contributed by atoms with E-state index in [1.54, 1.807) is 0 Å². The summed E-state index contributed by atoms with van der Waals surface area (Å²) in [4.78, 5) is 10.7. The zero-order valence-electron chi connectivity index (χ0n) is 9.82. The maximum Gasteiger partial charge on any atom is 0.307 e. The number of carboxylic acids is 1. The minimum absolute atomic E-state index is 0.0454. The number of aromatic amines is 1. The van der Waals surface area contributed by atoms with Gasteiger partial charge in [-0.05, 0) is 25.0 Å². The SMILES string of the molecule is Cc1n[nH]c(C)c1-c1cccc(CC(=O)O)c1. The second kappa shape index (κ2) is 4.41. The number of carboxylic acid groups (broad SMARTS) is 1. The summed E-state index contributed by atoms with van der Waals surface area (Å²) < 4.78 is 0. The molecule has 4 heteroatoms. The largest absolute Gasteiger partial charge is 0.481 e. The molecule has 0 saturated carbocycles. The predicted molar refractivity (Wildman–Crippen MR) is 64.8 cm³/mol. The smallest absolute Gasteiger partial charge is 0.307 e. The van der Waals surface area contributed by atoms with E-state index in [0.29, 0.717) is 0 Å². The molecule has 2 N–H and O–H groups in total. The first-order chi connectivity index (χ1) is 8.08. The average Bonchev–Trinajstić information content (AvgIpc) is 2.58. The Labute approximate surface area is 99.3 Å². The first-order valence-electron chi connectivity index (χ1n) is 5.40. The van der Waals surface area contributed by atoms with Gasteiger partial charge < -0.3 is 5.11 Å². The normalized spacial score (nSPS) is 10.5. The van der Waals surface area contributed by atoms with Crippen LogP contribution in [0.15, 0.2) is 24.3 Å². The number of benzene rings is 1. The van der Waals surface area contributed by atoms with E-state index < -0.39 is 5.97 Å². The molecule has 0 unspecified atom stereocenters. The van der Waals surface area contributed by atoms with Crippen LogP contribution in [0, 0.1) is 13.8 Å². The molecule has 2 aromatic rings. The lowest BCUT2D eigenvalue weighted by atomic mass is 10.0. The van der Waals surface area contributed by atoms with Gasteiger partial charge >= 0.3 is 5.97 Å². The summed E-state index contributed by atoms with van der Waals surface area (Å²) >= 11 is 0. The van der Waals surface area contributed by atoms with Gasteiger partial charge in [-0.25, -0.2) is 0 Å². The molecule has 0 fully saturated rings. The van der Waals surface area contributed by atoms with Crippen LogP contribution < -0.4 is 0 Å². The molecule has 0 aliphatic rings. The summed E-state index contributed by atoms with van der Waals surface area (Å²) in [5, 5.41) is 15.9. The van der Waals surface area contributed by atoms with E-state index in [4.69, 9.17) is 5.11 Å². The highest BCUT2D eigenvalue weighted by molar-refractivity contribution is 5.73. The number of nitrogens with one attached hydrogen (secondary N) is 1. The number of hydrogen-bond acceptors (Lipinski definition) is 2. The molecule has 0 spiro atoms. The van der Waals surface area contributed by atoms with E-state index >= 15 is 0 Å². The van der Waals surface area contributed by atoms with Gasteiger partial charge in [0, 0.05) is 11.3 Å². The number of aliphatic carboxylic acids is 1. The first-order valence-corrected chi connectivity index (χ1v) is 5.40. The van der Waals surface area contributed by atoms with E-state index in [2.05, 4.69) is 10.2 Å². The van der Waals surface area contributed by atoms with Crippen molar-refractivity contribution in [2.24, 2.45) is 0 Å². The van der Waals surface area contributed by atoms with Crippen LogP contribution in [0.5, 0.6) is 0 Å². The summed E-state index contributed by atoms with van der Waals surface area (Å²) in [5.41, 5.74) is 4.78. The molecule has 0 bridgehead atoms. The Morgan fingerprint density at radius 3 is 2.76 bits per heavy atom. The maximum atomic E-state index is 10.7. The summed E-state index contributed by atoms with van der Waals surface area (Å²) in [6.07, 6.45) is 0.0454. The minimum atomic E-state index is -0.817. The van der Waals surface area contributed by atoms with Crippen LogP contribution >= 0.6 is 0 Å². The lowest BCUT2D eigenvalue weighted by Gasteiger charge is -2.04. The van der Waals surface area contributed by atoms with Gasteiger partial charge in [0.05, 0.1) is 12.1 Å². The summed E-state index contributed by atoms with van der Waals surface area (Å²) in [6, 6.07) is 7.57. The monoisotopic (exact) mass is 230 g/mol. The molecule has 17 heavy (non-hydrogen) atoms. The lowest BCUT2D eigenvalue weighted by Crippen LogP contribution is -1.99. The van der Waals surface area contributed by atoms with Crippen molar-refractivity contribution < 1.29 is 9.90 Å². The second-order valence-electron chi connectivity index (χ2n) is 4.08. The second-order valence-corrected chi connectivity index (χ2v) is 4.08. The molecule has 0 radical (unpaired) electrons.